The van der Waals surface area contributed by atoms with Gasteiger partial charge in [0, 0.05) is 24.3 Å². The minimum atomic E-state index is -3.80. The van der Waals surface area contributed by atoms with Crippen LogP contribution in [0, 0.1) is 11.7 Å². The van der Waals surface area contributed by atoms with Gasteiger partial charge in [-0.15, -0.1) is 0 Å². The summed E-state index contributed by atoms with van der Waals surface area (Å²) in [5, 5.41) is 2.73. The van der Waals surface area contributed by atoms with Crippen LogP contribution in [0.5, 0.6) is 0 Å². The van der Waals surface area contributed by atoms with Crippen LogP contribution in [0.15, 0.2) is 53.4 Å². The number of benzene rings is 2. The van der Waals surface area contributed by atoms with Crippen LogP contribution in [0.25, 0.3) is 0 Å². The molecule has 2 aromatic rings. The van der Waals surface area contributed by atoms with Gasteiger partial charge in [-0.2, -0.15) is 4.31 Å². The third kappa shape index (κ3) is 4.37. The molecule has 0 aliphatic carbocycles. The number of amides is 2. The summed E-state index contributed by atoms with van der Waals surface area (Å²) in [5.74, 6) is -1.89. The molecule has 0 radical (unpaired) electrons. The molecular weight excluding hydrogens is 385 g/mol. The number of halogens is 1. The first-order chi connectivity index (χ1) is 13.3. The molecule has 9 heteroatoms. The van der Waals surface area contributed by atoms with E-state index in [1.54, 1.807) is 12.1 Å². The average Bonchev–Trinajstić information content (AvgIpc) is 2.69. The number of nitrogens with one attached hydrogen (secondary N) is 1. The quantitative estimate of drug-likeness (QED) is 0.792. The molecule has 0 spiro atoms. The number of nitrogens with two attached hydrogens (primary N) is 1. The number of piperidine rings is 1. The Morgan fingerprint density at radius 3 is 2.32 bits per heavy atom. The lowest BCUT2D eigenvalue weighted by atomic mass is 9.98. The van der Waals surface area contributed by atoms with Gasteiger partial charge in [-0.1, -0.05) is 0 Å². The van der Waals surface area contributed by atoms with E-state index in [9.17, 15) is 22.4 Å². The summed E-state index contributed by atoms with van der Waals surface area (Å²) >= 11 is 0. The Morgan fingerprint density at radius 2 is 1.71 bits per heavy atom. The van der Waals surface area contributed by atoms with Crippen molar-refractivity contribution < 1.29 is 22.4 Å². The summed E-state index contributed by atoms with van der Waals surface area (Å²) in [6.45, 7) is 0.349. The van der Waals surface area contributed by atoms with Gasteiger partial charge in [-0.3, -0.25) is 9.59 Å². The Morgan fingerprint density at radius 1 is 1.07 bits per heavy atom. The monoisotopic (exact) mass is 405 g/mol. The molecule has 1 atom stereocenters. The van der Waals surface area contributed by atoms with Crippen LogP contribution in [0.1, 0.15) is 23.2 Å². The zero-order chi connectivity index (χ0) is 20.3. The molecule has 0 saturated carbocycles. The molecule has 1 heterocycles. The summed E-state index contributed by atoms with van der Waals surface area (Å²) in [7, 11) is -3.80. The summed E-state index contributed by atoms with van der Waals surface area (Å²) in [5.41, 5.74) is 6.00. The molecule has 3 rings (SSSR count). The smallest absolute Gasteiger partial charge is 0.248 e. The molecular formula is C19H20FN3O4S. The Labute approximate surface area is 162 Å². The molecule has 0 bridgehead atoms. The van der Waals surface area contributed by atoms with E-state index in [1.165, 1.54) is 28.6 Å². The third-order valence-electron chi connectivity index (χ3n) is 4.64. The average molecular weight is 405 g/mol. The van der Waals surface area contributed by atoms with Crippen molar-refractivity contribution in [2.45, 2.75) is 17.7 Å². The van der Waals surface area contributed by atoms with Gasteiger partial charge in [0.2, 0.25) is 21.8 Å². The van der Waals surface area contributed by atoms with E-state index < -0.39 is 27.7 Å². The first-order valence-corrected chi connectivity index (χ1v) is 10.2. The zero-order valence-corrected chi connectivity index (χ0v) is 15.8. The molecule has 7 nitrogen and oxygen atoms in total. The van der Waals surface area contributed by atoms with E-state index in [4.69, 9.17) is 5.73 Å². The Bertz CT molecular complexity index is 975. The molecule has 0 aromatic heterocycles. The number of nitrogens with zero attached hydrogens (tertiary/aromatic N) is 1. The third-order valence-corrected chi connectivity index (χ3v) is 6.52. The Kier molecular flexibility index (Phi) is 5.76. The van der Waals surface area contributed by atoms with Gasteiger partial charge in [0.1, 0.15) is 5.82 Å². The Hall–Kier alpha value is -2.78. The van der Waals surface area contributed by atoms with Crippen LogP contribution in [0.2, 0.25) is 0 Å². The highest BCUT2D eigenvalue weighted by Crippen LogP contribution is 2.25. The largest absolute Gasteiger partial charge is 0.366 e. The molecule has 28 heavy (non-hydrogen) atoms. The summed E-state index contributed by atoms with van der Waals surface area (Å²) in [4.78, 5) is 23.7. The molecule has 1 aliphatic heterocycles. The number of anilines is 1. The number of hydrogen-bond acceptors (Lipinski definition) is 4. The second kappa shape index (κ2) is 8.07. The van der Waals surface area contributed by atoms with Gasteiger partial charge in [0.05, 0.1) is 10.8 Å². The molecule has 2 amide bonds. The predicted molar refractivity (Wildman–Crippen MR) is 101 cm³/mol. The molecule has 1 aliphatic rings. The van der Waals surface area contributed by atoms with Crippen LogP contribution < -0.4 is 11.1 Å². The van der Waals surface area contributed by atoms with Crippen LogP contribution in [0.3, 0.4) is 0 Å². The maximum Gasteiger partial charge on any atom is 0.248 e. The van der Waals surface area contributed by atoms with E-state index in [0.717, 1.165) is 12.1 Å². The van der Waals surface area contributed by atoms with Crippen molar-refractivity contribution in [2.75, 3.05) is 18.4 Å². The van der Waals surface area contributed by atoms with Crippen molar-refractivity contribution in [2.24, 2.45) is 11.7 Å². The number of sulfonamides is 1. The van der Waals surface area contributed by atoms with Gasteiger partial charge < -0.3 is 11.1 Å². The molecule has 0 unspecified atom stereocenters. The lowest BCUT2D eigenvalue weighted by Gasteiger charge is -2.31. The van der Waals surface area contributed by atoms with Gasteiger partial charge >= 0.3 is 0 Å². The van der Waals surface area contributed by atoms with Crippen molar-refractivity contribution in [3.05, 3.63) is 59.9 Å². The number of carbonyl (C=O) groups is 2. The molecule has 148 valence electrons. The number of primary amides is 1. The van der Waals surface area contributed by atoms with Crippen LogP contribution in [0.4, 0.5) is 10.1 Å². The second-order valence-corrected chi connectivity index (χ2v) is 8.52. The first-order valence-electron chi connectivity index (χ1n) is 8.74. The fourth-order valence-electron chi connectivity index (χ4n) is 3.09. The highest BCUT2D eigenvalue weighted by Gasteiger charge is 2.33. The normalized spacial score (nSPS) is 17.8. The zero-order valence-electron chi connectivity index (χ0n) is 15.0. The van der Waals surface area contributed by atoms with Crippen molar-refractivity contribution >= 4 is 27.5 Å². The molecule has 3 N–H and O–H groups in total. The van der Waals surface area contributed by atoms with E-state index >= 15 is 0 Å². The van der Waals surface area contributed by atoms with Crippen LogP contribution in [-0.2, 0) is 14.8 Å². The van der Waals surface area contributed by atoms with Gasteiger partial charge in [0.15, 0.2) is 0 Å². The molecule has 1 saturated heterocycles. The molecule has 2 aromatic carbocycles. The lowest BCUT2D eigenvalue weighted by molar-refractivity contribution is -0.120. The second-order valence-electron chi connectivity index (χ2n) is 6.59. The maximum atomic E-state index is 13.1. The number of carbonyl (C=O) groups excluding carboxylic acids is 2. The SMILES string of the molecule is NC(=O)c1ccc(NC(=O)[C@H]2CCCN(S(=O)(=O)c3ccc(F)cc3)C2)cc1. The summed E-state index contributed by atoms with van der Waals surface area (Å²) < 4.78 is 39.8. The first kappa shape index (κ1) is 20.0. The van der Waals surface area contributed by atoms with E-state index in [2.05, 4.69) is 5.32 Å². The van der Waals surface area contributed by atoms with E-state index in [-0.39, 0.29) is 17.3 Å². The molecule has 1 fully saturated rings. The van der Waals surface area contributed by atoms with Crippen molar-refractivity contribution in [3.63, 3.8) is 0 Å². The maximum absolute atomic E-state index is 13.1. The van der Waals surface area contributed by atoms with Gasteiger partial charge in [-0.05, 0) is 61.4 Å². The van der Waals surface area contributed by atoms with Gasteiger partial charge in [0.25, 0.3) is 0 Å². The standard InChI is InChI=1S/C19H20FN3O4S/c20-15-5-9-17(10-6-15)28(26,27)23-11-1-2-14(12-23)19(25)22-16-7-3-13(4-8-16)18(21)24/h3-10,14H,1-2,11-12H2,(H2,21,24)(H,22,25)/t14-/m0/s1. The highest BCUT2D eigenvalue weighted by molar-refractivity contribution is 7.89. The fraction of sp³-hybridized carbons (Fsp3) is 0.263. The van der Waals surface area contributed by atoms with Crippen molar-refractivity contribution in [1.82, 2.24) is 4.31 Å². The summed E-state index contributed by atoms with van der Waals surface area (Å²) in [6, 6.07) is 10.8. The minimum Gasteiger partial charge on any atom is -0.366 e. The van der Waals surface area contributed by atoms with Crippen molar-refractivity contribution in [1.29, 1.82) is 0 Å². The number of hydrogen-bond donors (Lipinski definition) is 2. The number of rotatable bonds is 5. The predicted octanol–water partition coefficient (Wildman–Crippen LogP) is 1.96. The van der Waals surface area contributed by atoms with Crippen LogP contribution in [-0.4, -0.2) is 37.6 Å². The Balaban J connectivity index is 1.69. The lowest BCUT2D eigenvalue weighted by Crippen LogP contribution is -2.43. The highest BCUT2D eigenvalue weighted by atomic mass is 32.2. The van der Waals surface area contributed by atoms with E-state index in [1.807, 2.05) is 0 Å². The fourth-order valence-corrected chi connectivity index (χ4v) is 4.62. The topological polar surface area (TPSA) is 110 Å². The van der Waals surface area contributed by atoms with Gasteiger partial charge in [-0.25, -0.2) is 12.8 Å². The summed E-state index contributed by atoms with van der Waals surface area (Å²) in [6.07, 6.45) is 1.10. The van der Waals surface area contributed by atoms with Crippen molar-refractivity contribution in [3.8, 4) is 0 Å². The minimum absolute atomic E-state index is 0.00278. The van der Waals surface area contributed by atoms with E-state index in [0.29, 0.717) is 30.6 Å². The van der Waals surface area contributed by atoms with Crippen LogP contribution >= 0.6 is 0 Å².